The number of methoxy groups -OCH3 is 1. The Balaban J connectivity index is 0. The lowest BCUT2D eigenvalue weighted by molar-refractivity contribution is -0.130. The second-order valence-corrected chi connectivity index (χ2v) is 3.68. The van der Waals surface area contributed by atoms with Gasteiger partial charge in [0.05, 0.1) is 0 Å². The van der Waals surface area contributed by atoms with Crippen molar-refractivity contribution < 1.29 is 9.53 Å². The molecule has 0 bridgehead atoms. The van der Waals surface area contributed by atoms with E-state index in [0.29, 0.717) is 13.0 Å². The van der Waals surface area contributed by atoms with Crippen LogP contribution in [0.5, 0.6) is 0 Å². The monoisotopic (exact) mass is 238 g/mol. The zero-order chi connectivity index (χ0) is 11.0. The van der Waals surface area contributed by atoms with Gasteiger partial charge in [0.1, 0.15) is 0 Å². The van der Waals surface area contributed by atoms with Crippen molar-refractivity contribution in [1.29, 1.82) is 0 Å². The van der Waals surface area contributed by atoms with Gasteiger partial charge in [-0.2, -0.15) is 0 Å². The van der Waals surface area contributed by atoms with Crippen molar-refractivity contribution in [3.63, 3.8) is 0 Å². The van der Waals surface area contributed by atoms with Crippen LogP contribution in [0.2, 0.25) is 0 Å². The van der Waals surface area contributed by atoms with Crippen molar-refractivity contribution >= 4 is 18.3 Å². The van der Waals surface area contributed by atoms with Crippen molar-refractivity contribution in [3.05, 3.63) is 0 Å². The Hall–Kier alpha value is -0.320. The molecule has 1 amide bonds. The van der Waals surface area contributed by atoms with Crippen LogP contribution >= 0.6 is 12.4 Å². The summed E-state index contributed by atoms with van der Waals surface area (Å²) in [4.78, 5) is 13.2. The van der Waals surface area contributed by atoms with E-state index in [1.54, 1.807) is 12.0 Å². The van der Waals surface area contributed by atoms with Crippen molar-refractivity contribution in [2.45, 2.75) is 32.2 Å². The van der Waals surface area contributed by atoms with Gasteiger partial charge in [-0.15, -0.1) is 12.4 Å². The van der Waals surface area contributed by atoms with Crippen molar-refractivity contribution in [1.82, 2.24) is 4.90 Å². The van der Waals surface area contributed by atoms with Gasteiger partial charge in [0.25, 0.3) is 0 Å². The van der Waals surface area contributed by atoms with Crippen LogP contribution in [0.4, 0.5) is 0 Å². The highest BCUT2D eigenvalue weighted by atomic mass is 35.5. The molecule has 1 unspecified atom stereocenters. The van der Waals surface area contributed by atoms with Gasteiger partial charge in [-0.25, -0.2) is 0 Å². The number of ether oxygens (including phenoxy) is 1. The lowest BCUT2D eigenvalue weighted by Crippen LogP contribution is -2.29. The maximum absolute atomic E-state index is 11.5. The van der Waals surface area contributed by atoms with Crippen molar-refractivity contribution in [2.24, 2.45) is 5.73 Å². The average molecular weight is 239 g/mol. The molecule has 15 heavy (non-hydrogen) atoms. The lowest BCUT2D eigenvalue weighted by Gasteiger charge is -2.17. The molecule has 0 aliphatic carbocycles. The Morgan fingerprint density at radius 3 is 2.60 bits per heavy atom. The molecular weight excluding hydrogens is 216 g/mol. The van der Waals surface area contributed by atoms with Crippen LogP contribution < -0.4 is 5.73 Å². The third-order valence-electron chi connectivity index (χ3n) is 2.08. The van der Waals surface area contributed by atoms with Crippen LogP contribution in [0.25, 0.3) is 0 Å². The first kappa shape index (κ1) is 17.1. The largest absolute Gasteiger partial charge is 0.385 e. The van der Waals surface area contributed by atoms with Crippen LogP contribution in [-0.2, 0) is 9.53 Å². The fourth-order valence-corrected chi connectivity index (χ4v) is 1.11. The Labute approximate surface area is 98.6 Å². The highest BCUT2D eigenvalue weighted by Gasteiger charge is 2.08. The molecule has 0 aliphatic rings. The van der Waals surface area contributed by atoms with E-state index in [0.717, 1.165) is 19.4 Å². The van der Waals surface area contributed by atoms with Crippen LogP contribution in [0.1, 0.15) is 26.2 Å². The molecule has 0 saturated heterocycles. The van der Waals surface area contributed by atoms with Gasteiger partial charge < -0.3 is 15.4 Å². The van der Waals surface area contributed by atoms with Crippen LogP contribution in [0.3, 0.4) is 0 Å². The van der Waals surface area contributed by atoms with Gasteiger partial charge in [-0.1, -0.05) is 0 Å². The summed E-state index contributed by atoms with van der Waals surface area (Å²) in [7, 11) is 3.48. The SMILES string of the molecule is COCCCN(C)C(=O)CCC(C)N.Cl. The smallest absolute Gasteiger partial charge is 0.222 e. The van der Waals surface area contributed by atoms with E-state index in [1.807, 2.05) is 14.0 Å². The van der Waals surface area contributed by atoms with Crippen LogP contribution in [0.15, 0.2) is 0 Å². The molecule has 2 N–H and O–H groups in total. The number of carbonyl (C=O) groups is 1. The Kier molecular flexibility index (Phi) is 11.6. The lowest BCUT2D eigenvalue weighted by atomic mass is 10.2. The van der Waals surface area contributed by atoms with Crippen LogP contribution in [0, 0.1) is 0 Å². The second kappa shape index (κ2) is 10.2. The normalized spacial score (nSPS) is 11.7. The van der Waals surface area contributed by atoms with Crippen molar-refractivity contribution in [2.75, 3.05) is 27.3 Å². The standard InChI is InChI=1S/C10H22N2O2.ClH/c1-9(11)5-6-10(13)12(2)7-4-8-14-3;/h9H,4-8,11H2,1-3H3;1H. The number of hydrogen-bond acceptors (Lipinski definition) is 3. The molecule has 0 fully saturated rings. The minimum atomic E-state index is 0. The van der Waals surface area contributed by atoms with Gasteiger partial charge >= 0.3 is 0 Å². The molecule has 0 spiro atoms. The van der Waals surface area contributed by atoms with Gasteiger partial charge in [-0.05, 0) is 19.8 Å². The number of amides is 1. The van der Waals surface area contributed by atoms with E-state index in [2.05, 4.69) is 0 Å². The zero-order valence-corrected chi connectivity index (χ0v) is 10.7. The first-order valence-corrected chi connectivity index (χ1v) is 5.06. The fourth-order valence-electron chi connectivity index (χ4n) is 1.11. The van der Waals surface area contributed by atoms with Gasteiger partial charge in [0, 0.05) is 39.8 Å². The van der Waals surface area contributed by atoms with Gasteiger partial charge in [0.15, 0.2) is 0 Å². The third kappa shape index (κ3) is 9.97. The summed E-state index contributed by atoms with van der Waals surface area (Å²) in [5.74, 6) is 0.165. The molecule has 0 saturated carbocycles. The average Bonchev–Trinajstić information content (AvgIpc) is 2.14. The molecule has 4 nitrogen and oxygen atoms in total. The van der Waals surface area contributed by atoms with Crippen molar-refractivity contribution in [3.8, 4) is 0 Å². The Morgan fingerprint density at radius 1 is 1.53 bits per heavy atom. The van der Waals surface area contributed by atoms with Crippen LogP contribution in [-0.4, -0.2) is 44.2 Å². The van der Waals surface area contributed by atoms with E-state index in [-0.39, 0.29) is 24.4 Å². The summed E-state index contributed by atoms with van der Waals surface area (Å²) < 4.78 is 4.91. The molecule has 0 aliphatic heterocycles. The summed E-state index contributed by atoms with van der Waals surface area (Å²) >= 11 is 0. The summed E-state index contributed by atoms with van der Waals surface area (Å²) in [5, 5.41) is 0. The van der Waals surface area contributed by atoms with E-state index < -0.39 is 0 Å². The molecule has 0 aromatic heterocycles. The number of nitrogens with zero attached hydrogens (tertiary/aromatic N) is 1. The Bertz CT molecular complexity index is 166. The first-order valence-electron chi connectivity index (χ1n) is 5.06. The summed E-state index contributed by atoms with van der Waals surface area (Å²) in [5.41, 5.74) is 5.57. The van der Waals surface area contributed by atoms with E-state index in [4.69, 9.17) is 10.5 Å². The number of hydrogen-bond donors (Lipinski definition) is 1. The van der Waals surface area contributed by atoms with E-state index >= 15 is 0 Å². The predicted molar refractivity (Wildman–Crippen MR) is 64.3 cm³/mol. The topological polar surface area (TPSA) is 55.6 Å². The molecule has 0 radical (unpaired) electrons. The Morgan fingerprint density at radius 2 is 2.13 bits per heavy atom. The quantitative estimate of drug-likeness (QED) is 0.674. The molecule has 5 heteroatoms. The highest BCUT2D eigenvalue weighted by molar-refractivity contribution is 5.85. The summed E-state index contributed by atoms with van der Waals surface area (Å²) in [6.07, 6.45) is 2.19. The molecule has 0 aromatic rings. The van der Waals surface area contributed by atoms with E-state index in [9.17, 15) is 4.79 Å². The second-order valence-electron chi connectivity index (χ2n) is 3.68. The zero-order valence-electron chi connectivity index (χ0n) is 9.86. The molecule has 0 aromatic carbocycles. The maximum atomic E-state index is 11.5. The molecular formula is C10H23ClN2O2. The highest BCUT2D eigenvalue weighted by Crippen LogP contribution is 1.99. The van der Waals surface area contributed by atoms with E-state index in [1.165, 1.54) is 0 Å². The number of rotatable bonds is 7. The minimum Gasteiger partial charge on any atom is -0.385 e. The third-order valence-corrected chi connectivity index (χ3v) is 2.08. The number of carbonyl (C=O) groups excluding carboxylic acids is 1. The first-order chi connectivity index (χ1) is 6.57. The van der Waals surface area contributed by atoms with Gasteiger partial charge in [0.2, 0.25) is 5.91 Å². The fraction of sp³-hybridized carbons (Fsp3) is 0.900. The van der Waals surface area contributed by atoms with Gasteiger partial charge in [-0.3, -0.25) is 4.79 Å². The molecule has 1 atom stereocenters. The number of halogens is 1. The molecule has 92 valence electrons. The summed E-state index contributed by atoms with van der Waals surface area (Å²) in [6.45, 7) is 3.37. The summed E-state index contributed by atoms with van der Waals surface area (Å²) in [6, 6.07) is 0.103. The predicted octanol–water partition coefficient (Wildman–Crippen LogP) is 1.03. The maximum Gasteiger partial charge on any atom is 0.222 e. The molecule has 0 rings (SSSR count). The molecule has 0 heterocycles. The minimum absolute atomic E-state index is 0. The number of nitrogens with two attached hydrogens (primary N) is 1.